The van der Waals surface area contributed by atoms with E-state index < -0.39 is 0 Å². The summed E-state index contributed by atoms with van der Waals surface area (Å²) in [5, 5.41) is 12.1. The molecule has 0 spiro atoms. The summed E-state index contributed by atoms with van der Waals surface area (Å²) in [6.07, 6.45) is 3.09. The van der Waals surface area contributed by atoms with Crippen LogP contribution in [-0.2, 0) is 26.1 Å². The molecule has 0 aliphatic carbocycles. The van der Waals surface area contributed by atoms with E-state index in [1.807, 2.05) is 49.7 Å². The number of fused-ring (bicyclic) bond motifs is 1. The fourth-order valence-electron chi connectivity index (χ4n) is 4.17. The fraction of sp³-hybridized carbons (Fsp3) is 0.478. The van der Waals surface area contributed by atoms with E-state index in [1.54, 1.807) is 9.25 Å². The number of nitrogens with one attached hydrogen (secondary N) is 1. The molecule has 1 aliphatic heterocycles. The molecule has 0 saturated heterocycles. The van der Waals surface area contributed by atoms with Crippen molar-refractivity contribution in [1.82, 2.24) is 29.4 Å². The van der Waals surface area contributed by atoms with Crippen LogP contribution < -0.4 is 11.0 Å². The van der Waals surface area contributed by atoms with E-state index in [2.05, 4.69) is 21.6 Å². The van der Waals surface area contributed by atoms with Crippen LogP contribution in [0, 0.1) is 13.8 Å². The van der Waals surface area contributed by atoms with E-state index in [-0.39, 0.29) is 17.6 Å². The lowest BCUT2D eigenvalue weighted by atomic mass is 10.1. The maximum absolute atomic E-state index is 12.8. The maximum Gasteiger partial charge on any atom is 0.345 e. The normalized spacial score (nSPS) is 16.0. The second-order valence-electron chi connectivity index (χ2n) is 8.35. The monoisotopic (exact) mass is 422 g/mol. The summed E-state index contributed by atoms with van der Waals surface area (Å²) >= 11 is 0. The fourth-order valence-corrected chi connectivity index (χ4v) is 4.17. The molecular weight excluding hydrogens is 392 g/mol. The second-order valence-corrected chi connectivity index (χ2v) is 8.35. The van der Waals surface area contributed by atoms with Crippen LogP contribution in [-0.4, -0.2) is 36.1 Å². The predicted octanol–water partition coefficient (Wildman–Crippen LogP) is 2.45. The Morgan fingerprint density at radius 1 is 1.13 bits per heavy atom. The third-order valence-corrected chi connectivity index (χ3v) is 5.84. The highest BCUT2D eigenvalue weighted by atomic mass is 16.2. The number of aromatic nitrogens is 5. The summed E-state index contributed by atoms with van der Waals surface area (Å²) in [5.74, 6) is 0.745. The van der Waals surface area contributed by atoms with E-state index in [9.17, 15) is 9.59 Å². The van der Waals surface area contributed by atoms with Crippen LogP contribution in [0.4, 0.5) is 0 Å². The third-order valence-electron chi connectivity index (χ3n) is 5.84. The highest BCUT2D eigenvalue weighted by Crippen LogP contribution is 2.14. The minimum absolute atomic E-state index is 0.0302. The molecule has 1 aromatic carbocycles. The van der Waals surface area contributed by atoms with Gasteiger partial charge in [0.1, 0.15) is 5.82 Å². The van der Waals surface area contributed by atoms with Crippen molar-refractivity contribution in [2.45, 2.75) is 72.1 Å². The van der Waals surface area contributed by atoms with Gasteiger partial charge in [-0.2, -0.15) is 10.2 Å². The van der Waals surface area contributed by atoms with Crippen molar-refractivity contribution in [3.05, 3.63) is 69.2 Å². The number of benzene rings is 1. The molecule has 2 aromatic heterocycles. The van der Waals surface area contributed by atoms with Gasteiger partial charge in [0.15, 0.2) is 0 Å². The summed E-state index contributed by atoms with van der Waals surface area (Å²) in [6.45, 7) is 7.98. The number of aryl methyl sites for hydroxylation is 4. The molecule has 4 rings (SSSR count). The third kappa shape index (κ3) is 4.62. The van der Waals surface area contributed by atoms with Gasteiger partial charge < -0.3 is 5.32 Å². The van der Waals surface area contributed by atoms with Gasteiger partial charge >= 0.3 is 5.69 Å². The summed E-state index contributed by atoms with van der Waals surface area (Å²) in [5.41, 5.74) is 3.83. The van der Waals surface area contributed by atoms with Gasteiger partial charge in [-0.25, -0.2) is 9.48 Å². The minimum atomic E-state index is -0.0781. The Morgan fingerprint density at radius 3 is 2.58 bits per heavy atom. The first-order valence-electron chi connectivity index (χ1n) is 11.0. The van der Waals surface area contributed by atoms with E-state index in [1.165, 1.54) is 0 Å². The van der Waals surface area contributed by atoms with Crippen LogP contribution in [0.25, 0.3) is 0 Å². The topological polar surface area (TPSA) is 86.7 Å². The molecule has 0 saturated carbocycles. The van der Waals surface area contributed by atoms with Gasteiger partial charge in [0.05, 0.1) is 12.2 Å². The largest absolute Gasteiger partial charge is 0.349 e. The molecule has 0 bridgehead atoms. The molecular formula is C23H30N6O2. The van der Waals surface area contributed by atoms with Gasteiger partial charge in [-0.1, -0.05) is 19.1 Å². The number of rotatable bonds is 6. The Labute approximate surface area is 181 Å². The van der Waals surface area contributed by atoms with Gasteiger partial charge in [0.2, 0.25) is 0 Å². The standard InChI is InChI=1S/C23H30N6O2/c1-4-12-28-23(31)27-13-11-20(9-10-21(27)26-28)24-22(30)19-7-5-18(6-8-19)15-29-17(3)14-16(2)25-29/h5-8,14,20H,4,9-13,15H2,1-3H3,(H,24,30). The lowest BCUT2D eigenvalue weighted by Gasteiger charge is -2.16. The molecule has 1 atom stereocenters. The second kappa shape index (κ2) is 8.91. The zero-order valence-electron chi connectivity index (χ0n) is 18.5. The molecule has 1 aliphatic rings. The molecule has 3 aromatic rings. The Balaban J connectivity index is 1.36. The highest BCUT2D eigenvalue weighted by molar-refractivity contribution is 5.94. The quantitative estimate of drug-likeness (QED) is 0.661. The first kappa shape index (κ1) is 21.1. The van der Waals surface area contributed by atoms with Crippen LogP contribution >= 0.6 is 0 Å². The van der Waals surface area contributed by atoms with Gasteiger partial charge in [-0.15, -0.1) is 0 Å². The first-order chi connectivity index (χ1) is 14.9. The van der Waals surface area contributed by atoms with Gasteiger partial charge in [-0.3, -0.25) is 14.0 Å². The van der Waals surface area contributed by atoms with E-state index in [0.717, 1.165) is 42.0 Å². The number of carbonyl (C=O) groups excluding carboxylic acids is 1. The molecule has 164 valence electrons. The summed E-state index contributed by atoms with van der Waals surface area (Å²) < 4.78 is 5.28. The maximum atomic E-state index is 12.8. The van der Waals surface area contributed by atoms with E-state index in [0.29, 0.717) is 31.6 Å². The van der Waals surface area contributed by atoms with Crippen molar-refractivity contribution in [2.24, 2.45) is 0 Å². The molecule has 8 nitrogen and oxygen atoms in total. The molecule has 1 N–H and O–H groups in total. The Kier molecular flexibility index (Phi) is 6.06. The van der Waals surface area contributed by atoms with E-state index >= 15 is 0 Å². The van der Waals surface area contributed by atoms with Crippen LogP contribution in [0.5, 0.6) is 0 Å². The summed E-state index contributed by atoms with van der Waals surface area (Å²) in [7, 11) is 0. The van der Waals surface area contributed by atoms with Crippen molar-refractivity contribution < 1.29 is 4.79 Å². The zero-order valence-corrected chi connectivity index (χ0v) is 18.5. The SMILES string of the molecule is CCCn1nc2n(c1=O)CCC(NC(=O)c1ccc(Cn3nc(C)cc3C)cc1)CC2. The molecule has 3 heterocycles. The number of hydrogen-bond donors (Lipinski definition) is 1. The van der Waals surface area contributed by atoms with Crippen LogP contribution in [0.15, 0.2) is 35.1 Å². The van der Waals surface area contributed by atoms with Crippen molar-refractivity contribution in [3.63, 3.8) is 0 Å². The Morgan fingerprint density at radius 2 is 1.90 bits per heavy atom. The van der Waals surface area contributed by atoms with Crippen LogP contribution in [0.2, 0.25) is 0 Å². The summed E-state index contributed by atoms with van der Waals surface area (Å²) in [6, 6.07) is 9.76. The molecule has 8 heteroatoms. The molecule has 1 amide bonds. The molecule has 1 unspecified atom stereocenters. The van der Waals surface area contributed by atoms with Gasteiger partial charge in [-0.05, 0) is 56.9 Å². The lowest BCUT2D eigenvalue weighted by molar-refractivity contribution is 0.0933. The van der Waals surface area contributed by atoms with Crippen molar-refractivity contribution in [1.29, 1.82) is 0 Å². The Hall–Kier alpha value is -3.16. The highest BCUT2D eigenvalue weighted by Gasteiger charge is 2.22. The zero-order chi connectivity index (χ0) is 22.0. The minimum Gasteiger partial charge on any atom is -0.349 e. The first-order valence-corrected chi connectivity index (χ1v) is 11.0. The van der Waals surface area contributed by atoms with Crippen molar-refractivity contribution in [3.8, 4) is 0 Å². The smallest absolute Gasteiger partial charge is 0.345 e. The van der Waals surface area contributed by atoms with E-state index in [4.69, 9.17) is 0 Å². The average Bonchev–Trinajstić information content (AvgIpc) is 3.13. The number of nitrogens with zero attached hydrogens (tertiary/aromatic N) is 5. The van der Waals surface area contributed by atoms with Crippen LogP contribution in [0.3, 0.4) is 0 Å². The van der Waals surface area contributed by atoms with Gasteiger partial charge in [0, 0.05) is 36.8 Å². The number of amides is 1. The summed E-state index contributed by atoms with van der Waals surface area (Å²) in [4.78, 5) is 25.2. The predicted molar refractivity (Wildman–Crippen MR) is 118 cm³/mol. The molecule has 0 fully saturated rings. The molecule has 31 heavy (non-hydrogen) atoms. The van der Waals surface area contributed by atoms with Crippen LogP contribution in [0.1, 0.15) is 59.3 Å². The number of carbonyl (C=O) groups is 1. The number of hydrogen-bond acceptors (Lipinski definition) is 4. The van der Waals surface area contributed by atoms with Crippen molar-refractivity contribution in [2.75, 3.05) is 0 Å². The lowest BCUT2D eigenvalue weighted by Crippen LogP contribution is -2.35. The Bertz CT molecular complexity index is 1120. The molecule has 0 radical (unpaired) electrons. The van der Waals surface area contributed by atoms with Gasteiger partial charge in [0.25, 0.3) is 5.91 Å². The average molecular weight is 423 g/mol. The van der Waals surface area contributed by atoms with Crippen molar-refractivity contribution >= 4 is 5.91 Å².